The van der Waals surface area contributed by atoms with Gasteiger partial charge in [-0.25, -0.2) is 0 Å². The van der Waals surface area contributed by atoms with Crippen LogP contribution in [0.5, 0.6) is 0 Å². The Hall–Kier alpha value is -0.0900. The van der Waals surface area contributed by atoms with Crippen molar-refractivity contribution in [2.24, 2.45) is 0 Å². The Labute approximate surface area is 102 Å². The van der Waals surface area contributed by atoms with Gasteiger partial charge >= 0.3 is 0 Å². The van der Waals surface area contributed by atoms with Crippen molar-refractivity contribution in [2.45, 2.75) is 30.8 Å². The second-order valence-electron chi connectivity index (χ2n) is 3.45. The molecule has 0 rings (SSSR count). The highest BCUT2D eigenvalue weighted by Gasteiger charge is 2.11. The van der Waals surface area contributed by atoms with Crippen LogP contribution in [0.2, 0.25) is 0 Å². The van der Waals surface area contributed by atoms with Gasteiger partial charge in [-0.1, -0.05) is 31.9 Å². The third-order valence-electron chi connectivity index (χ3n) is 1.83. The Morgan fingerprint density at radius 1 is 1.47 bits per heavy atom. The summed E-state index contributed by atoms with van der Waals surface area (Å²) in [5.74, 6) is 0. The van der Waals surface area contributed by atoms with E-state index in [2.05, 4.69) is 19.1 Å². The van der Waals surface area contributed by atoms with Gasteiger partial charge in [0.1, 0.15) is 0 Å². The lowest BCUT2D eigenvalue weighted by atomic mass is 10.2. The zero-order chi connectivity index (χ0) is 11.7. The normalized spacial score (nSPS) is 13.1. The maximum Gasteiger partial charge on any atom is 0.282 e. The van der Waals surface area contributed by atoms with Crippen molar-refractivity contribution in [2.75, 3.05) is 20.4 Å². The molecule has 1 unspecified atom stereocenters. The number of hydrogen-bond acceptors (Lipinski definition) is 3. The van der Waals surface area contributed by atoms with Crippen LogP contribution >= 0.6 is 23.5 Å². The molecule has 15 heavy (non-hydrogen) atoms. The van der Waals surface area contributed by atoms with E-state index in [-0.39, 0.29) is 9.82 Å². The first-order valence-electron chi connectivity index (χ1n) is 5.19. The summed E-state index contributed by atoms with van der Waals surface area (Å²) in [7, 11) is 3.57. The molecular weight excluding hydrogens is 226 g/mol. The summed E-state index contributed by atoms with van der Waals surface area (Å²) in [4.78, 5) is 13.1. The first kappa shape index (κ1) is 14.9. The molecule has 0 N–H and O–H groups in total. The largest absolute Gasteiger partial charge is 0.340 e. The molecule has 1 amide bonds. The lowest BCUT2D eigenvalue weighted by molar-refractivity contribution is 0.241. The number of nitrogens with zero attached hydrogens (tertiary/aromatic N) is 1. The molecule has 0 radical (unpaired) electrons. The Morgan fingerprint density at radius 2 is 2.13 bits per heavy atom. The van der Waals surface area contributed by atoms with Crippen LogP contribution in [0.15, 0.2) is 12.2 Å². The van der Waals surface area contributed by atoms with Crippen molar-refractivity contribution in [1.29, 1.82) is 0 Å². The number of unbranched alkanes of at least 4 members (excludes halogenated alkanes) is 2. The molecule has 2 nitrogen and oxygen atoms in total. The molecule has 0 heterocycles. The van der Waals surface area contributed by atoms with E-state index in [0.29, 0.717) is 0 Å². The Bertz CT molecular complexity index is 205. The average molecular weight is 247 g/mol. The lowest BCUT2D eigenvalue weighted by Gasteiger charge is -2.13. The molecule has 0 aromatic rings. The van der Waals surface area contributed by atoms with E-state index in [1.807, 2.05) is 6.26 Å². The topological polar surface area (TPSA) is 20.3 Å². The van der Waals surface area contributed by atoms with Crippen molar-refractivity contribution in [1.82, 2.24) is 4.90 Å². The average Bonchev–Trinajstić information content (AvgIpc) is 2.22. The molecule has 0 aliphatic carbocycles. The van der Waals surface area contributed by atoms with Crippen molar-refractivity contribution in [3.05, 3.63) is 12.2 Å². The highest BCUT2D eigenvalue weighted by atomic mass is 32.2. The van der Waals surface area contributed by atoms with E-state index in [4.69, 9.17) is 0 Å². The van der Waals surface area contributed by atoms with Crippen LogP contribution in [-0.2, 0) is 0 Å². The molecule has 4 heteroatoms. The van der Waals surface area contributed by atoms with Crippen LogP contribution < -0.4 is 0 Å². The van der Waals surface area contributed by atoms with E-state index in [9.17, 15) is 4.79 Å². The van der Waals surface area contributed by atoms with Crippen LogP contribution in [0.25, 0.3) is 0 Å². The van der Waals surface area contributed by atoms with Gasteiger partial charge in [-0.2, -0.15) is 0 Å². The van der Waals surface area contributed by atoms with Crippen molar-refractivity contribution < 1.29 is 4.79 Å². The van der Waals surface area contributed by atoms with E-state index in [1.165, 1.54) is 24.6 Å². The minimum Gasteiger partial charge on any atom is -0.340 e. The molecule has 0 aromatic carbocycles. The van der Waals surface area contributed by atoms with Crippen molar-refractivity contribution >= 4 is 28.8 Å². The van der Waals surface area contributed by atoms with E-state index >= 15 is 0 Å². The van der Waals surface area contributed by atoms with Crippen LogP contribution in [0, 0.1) is 0 Å². The summed E-state index contributed by atoms with van der Waals surface area (Å²) in [6.45, 7) is 2.18. The first-order chi connectivity index (χ1) is 7.11. The SMILES string of the molecule is CCCCC=CC(SC)SC(=O)N(C)C. The molecule has 0 spiro atoms. The second kappa shape index (κ2) is 9.16. The summed E-state index contributed by atoms with van der Waals surface area (Å²) >= 11 is 3.08. The van der Waals surface area contributed by atoms with E-state index < -0.39 is 0 Å². The summed E-state index contributed by atoms with van der Waals surface area (Å²) < 4.78 is 0.247. The predicted molar refractivity (Wildman–Crippen MR) is 72.6 cm³/mol. The second-order valence-corrected chi connectivity index (χ2v) is 5.82. The van der Waals surface area contributed by atoms with Gasteiger partial charge in [-0.15, -0.1) is 11.8 Å². The van der Waals surface area contributed by atoms with Crippen molar-refractivity contribution in [3.8, 4) is 0 Å². The fourth-order valence-electron chi connectivity index (χ4n) is 0.900. The molecule has 0 saturated heterocycles. The van der Waals surface area contributed by atoms with Gasteiger partial charge in [0.15, 0.2) is 0 Å². The van der Waals surface area contributed by atoms with Gasteiger partial charge < -0.3 is 4.90 Å². The molecule has 0 aromatic heterocycles. The maximum atomic E-state index is 11.4. The molecular formula is C11H21NOS2. The Kier molecular flexibility index (Phi) is 9.10. The van der Waals surface area contributed by atoms with Crippen LogP contribution in [0.4, 0.5) is 4.79 Å². The fraction of sp³-hybridized carbons (Fsp3) is 0.727. The molecule has 0 fully saturated rings. The molecule has 88 valence electrons. The number of carbonyl (C=O) groups is 1. The molecule has 0 saturated carbocycles. The zero-order valence-electron chi connectivity index (χ0n) is 10.0. The number of amides is 1. The third kappa shape index (κ3) is 7.79. The van der Waals surface area contributed by atoms with E-state index in [1.54, 1.807) is 30.8 Å². The summed E-state index contributed by atoms with van der Waals surface area (Å²) in [6.07, 6.45) is 9.91. The summed E-state index contributed by atoms with van der Waals surface area (Å²) in [5, 5.41) is 0.120. The van der Waals surface area contributed by atoms with Crippen LogP contribution in [0.1, 0.15) is 26.2 Å². The highest BCUT2D eigenvalue weighted by Crippen LogP contribution is 2.24. The van der Waals surface area contributed by atoms with Gasteiger partial charge in [-0.05, 0) is 24.4 Å². The minimum absolute atomic E-state index is 0.120. The zero-order valence-corrected chi connectivity index (χ0v) is 11.7. The standard InChI is InChI=1S/C11H21NOS2/c1-5-6-7-8-9-10(14-4)15-11(13)12(2)3/h8-10H,5-7H2,1-4H3. The highest BCUT2D eigenvalue weighted by molar-refractivity contribution is 8.24. The first-order valence-corrected chi connectivity index (χ1v) is 7.36. The van der Waals surface area contributed by atoms with Gasteiger partial charge in [-0.3, -0.25) is 4.79 Å². The Balaban J connectivity index is 3.92. The van der Waals surface area contributed by atoms with Crippen LogP contribution in [0.3, 0.4) is 0 Å². The molecule has 0 aliphatic heterocycles. The van der Waals surface area contributed by atoms with E-state index in [0.717, 1.165) is 6.42 Å². The summed E-state index contributed by atoms with van der Waals surface area (Å²) in [5.41, 5.74) is 0. The predicted octanol–water partition coefficient (Wildman–Crippen LogP) is 3.84. The van der Waals surface area contributed by atoms with Crippen molar-refractivity contribution in [3.63, 3.8) is 0 Å². The number of hydrogen-bond donors (Lipinski definition) is 0. The number of thioether (sulfide) groups is 2. The van der Waals surface area contributed by atoms with Crippen LogP contribution in [-0.4, -0.2) is 35.1 Å². The van der Waals surface area contributed by atoms with Gasteiger partial charge in [0.05, 0.1) is 4.58 Å². The lowest BCUT2D eigenvalue weighted by Crippen LogP contribution is -2.18. The van der Waals surface area contributed by atoms with Gasteiger partial charge in [0.2, 0.25) is 0 Å². The maximum absolute atomic E-state index is 11.4. The summed E-state index contributed by atoms with van der Waals surface area (Å²) in [6, 6.07) is 0. The van der Waals surface area contributed by atoms with Gasteiger partial charge in [0.25, 0.3) is 5.24 Å². The monoisotopic (exact) mass is 247 g/mol. The quantitative estimate of drug-likeness (QED) is 0.404. The Morgan fingerprint density at radius 3 is 2.60 bits per heavy atom. The molecule has 1 atom stereocenters. The fourth-order valence-corrected chi connectivity index (χ4v) is 2.40. The van der Waals surface area contributed by atoms with Gasteiger partial charge in [0, 0.05) is 14.1 Å². The molecule has 0 aliphatic rings. The number of carbonyl (C=O) groups excluding carboxylic acids is 1. The number of rotatable bonds is 6. The third-order valence-corrected chi connectivity index (χ3v) is 4.28. The minimum atomic E-state index is 0.120. The smallest absolute Gasteiger partial charge is 0.282 e. The number of allylic oxidation sites excluding steroid dienone is 1. The molecule has 0 bridgehead atoms.